The molecule has 5 heterocycles. The van der Waals surface area contributed by atoms with Gasteiger partial charge in [0.05, 0.1) is 36.6 Å². The van der Waals surface area contributed by atoms with Crippen molar-refractivity contribution in [1.82, 2.24) is 21.3 Å². The van der Waals surface area contributed by atoms with Gasteiger partial charge < -0.3 is 60.0 Å². The Labute approximate surface area is 440 Å². The van der Waals surface area contributed by atoms with Gasteiger partial charge in [0.15, 0.2) is 0 Å². The minimum atomic E-state index is -1.05. The molecule has 2 aromatic rings. The molecule has 7 rings (SSSR count). The molecule has 20 nitrogen and oxygen atoms in total. The number of hydrogen-bond donors (Lipinski definition) is 8. The number of carbonyl (C=O) groups excluding carboxylic acids is 8. The van der Waals surface area contributed by atoms with Gasteiger partial charge in [-0.15, -0.1) is 11.3 Å². The molecule has 4 aliphatic heterocycles. The SMILES string of the molecule is C.CC(=O)CC1CC[C@H](NC(=O)C2CC2)B(O)O1.CC(=O)CC1CC[C@H](NC(C)=O)B(O)O1.CC(=O)C[C@@H]1CC[C@H](NC(=O)Cc2ccccc2)B(O)O1.CC(=O)C[C@@H]1CC[C@H](NC(=O)Cc2cccs2)B(O)O1. The van der Waals surface area contributed by atoms with E-state index in [1.54, 1.807) is 0 Å². The third-order valence-corrected chi connectivity index (χ3v) is 13.3. The van der Waals surface area contributed by atoms with Crippen molar-refractivity contribution < 1.29 is 77.1 Å². The van der Waals surface area contributed by atoms with Gasteiger partial charge in [0.25, 0.3) is 0 Å². The van der Waals surface area contributed by atoms with Gasteiger partial charge in [-0.2, -0.15) is 0 Å². The molecule has 0 spiro atoms. The molecule has 4 saturated heterocycles. The van der Waals surface area contributed by atoms with Crippen molar-refractivity contribution >= 4 is 86.6 Å². The van der Waals surface area contributed by atoms with Crippen LogP contribution in [0.1, 0.15) is 142 Å². The van der Waals surface area contributed by atoms with E-state index in [9.17, 15) is 58.5 Å². The maximum Gasteiger partial charge on any atom is 0.478 e. The normalized spacial score (nSPS) is 24.3. The highest BCUT2D eigenvalue weighted by molar-refractivity contribution is 7.10. The van der Waals surface area contributed by atoms with E-state index in [-0.39, 0.29) is 103 Å². The predicted molar refractivity (Wildman–Crippen MR) is 281 cm³/mol. The number of ketones is 4. The fourth-order valence-corrected chi connectivity index (χ4v) is 9.41. The standard InChI is InChI=1S/C15H20BNO4.C13H18BNO4S.C11H18BNO4.C9H16BNO4.CH4/c1-11(18)9-13-7-8-14(16(20)21-13)17-15(19)10-12-5-3-2-4-6-12;1-9(16)7-10-4-5-12(14(18)19-10)15-13(17)8-11-3-2-6-20-11;1-7(14)6-9-4-5-10(12(16)17-9)13-11(15)8-2-3-8;1-6(12)5-8-3-4-9(10(14)15-8)11-7(2)13;/h2-6,13-14,20H,7-10H2,1H3,(H,17,19);2-3,6,10,12,18H,4-5,7-8H2,1H3,(H,15,17);8-10,16H,2-6H2,1H3,(H,13,15);8-9,14H,3-5H2,1-2H3,(H,11,13);1H4/t13-,14-;10-,12-;9?,10-;8?,9-;/m0000./s1. The number of carbonyl (C=O) groups is 8. The highest BCUT2D eigenvalue weighted by Crippen LogP contribution is 2.30. The summed E-state index contributed by atoms with van der Waals surface area (Å²) in [5.41, 5.74) is 0.927. The van der Waals surface area contributed by atoms with Gasteiger partial charge in [0.1, 0.15) is 23.1 Å². The summed E-state index contributed by atoms with van der Waals surface area (Å²) in [7, 11) is -4.09. The van der Waals surface area contributed by atoms with Gasteiger partial charge >= 0.3 is 28.5 Å². The smallest absolute Gasteiger partial charge is 0.426 e. The van der Waals surface area contributed by atoms with Crippen LogP contribution in [0.15, 0.2) is 47.8 Å². The Morgan fingerprint density at radius 3 is 1.18 bits per heavy atom. The number of amides is 4. The van der Waals surface area contributed by atoms with Crippen molar-refractivity contribution in [3.05, 3.63) is 58.3 Å². The second kappa shape index (κ2) is 32.8. The zero-order valence-electron chi connectivity index (χ0n) is 42.5. The molecule has 8 atom stereocenters. The molecule has 74 heavy (non-hydrogen) atoms. The fraction of sp³-hybridized carbons (Fsp3) is 0.633. The number of nitrogens with one attached hydrogen (secondary N) is 4. The number of benzene rings is 1. The lowest BCUT2D eigenvalue weighted by atomic mass is 9.72. The summed E-state index contributed by atoms with van der Waals surface area (Å²) in [6.45, 7) is 7.41. The van der Waals surface area contributed by atoms with Crippen LogP contribution >= 0.6 is 11.3 Å². The summed E-state index contributed by atoms with van der Waals surface area (Å²) in [5.74, 6) is -1.60. The van der Waals surface area contributed by atoms with Gasteiger partial charge in [-0.25, -0.2) is 0 Å². The highest BCUT2D eigenvalue weighted by Gasteiger charge is 2.40. The molecule has 5 fully saturated rings. The monoisotopic (exact) mass is 1050 g/mol. The first-order valence-corrected chi connectivity index (χ1v) is 26.1. The highest BCUT2D eigenvalue weighted by atomic mass is 32.1. The quantitative estimate of drug-likeness (QED) is 0.105. The van der Waals surface area contributed by atoms with E-state index in [0.717, 1.165) is 23.3 Å². The van der Waals surface area contributed by atoms with E-state index >= 15 is 0 Å². The Morgan fingerprint density at radius 2 is 0.851 bits per heavy atom. The maximum atomic E-state index is 12.0. The van der Waals surface area contributed by atoms with Gasteiger partial charge in [0, 0.05) is 67.8 Å². The maximum absolute atomic E-state index is 12.0. The van der Waals surface area contributed by atoms with Crippen molar-refractivity contribution in [3.63, 3.8) is 0 Å². The van der Waals surface area contributed by atoms with Crippen LogP contribution in [0.25, 0.3) is 0 Å². The van der Waals surface area contributed by atoms with Gasteiger partial charge in [-0.05, 0) is 109 Å². The van der Waals surface area contributed by atoms with Gasteiger partial charge in [-0.1, -0.05) is 43.8 Å². The van der Waals surface area contributed by atoms with E-state index < -0.39 is 40.4 Å². The molecule has 0 bridgehead atoms. The zero-order valence-corrected chi connectivity index (χ0v) is 43.4. The van der Waals surface area contributed by atoms with Crippen molar-refractivity contribution in [2.75, 3.05) is 0 Å². The van der Waals surface area contributed by atoms with Crippen LogP contribution in [0.4, 0.5) is 0 Å². The summed E-state index contributed by atoms with van der Waals surface area (Å²) >= 11 is 1.53. The molecule has 2 unspecified atom stereocenters. The Bertz CT molecular complexity index is 2110. The van der Waals surface area contributed by atoms with E-state index in [1.165, 1.54) is 46.0 Å². The second-order valence-electron chi connectivity index (χ2n) is 19.5. The molecule has 5 aliphatic rings. The third-order valence-electron chi connectivity index (χ3n) is 12.4. The van der Waals surface area contributed by atoms with Gasteiger partial charge in [0.2, 0.25) is 23.6 Å². The largest absolute Gasteiger partial charge is 0.478 e. The summed E-state index contributed by atoms with van der Waals surface area (Å²) in [6, 6.07) is 13.2. The number of hydrogen-bond acceptors (Lipinski definition) is 17. The molecule has 8 N–H and O–H groups in total. The molecular formula is C49H76B4N4O16S. The van der Waals surface area contributed by atoms with Crippen LogP contribution in [-0.2, 0) is 69.8 Å². The van der Waals surface area contributed by atoms with Crippen LogP contribution in [0.3, 0.4) is 0 Å². The summed E-state index contributed by atoms with van der Waals surface area (Å²) in [5, 5.41) is 52.0. The van der Waals surface area contributed by atoms with Crippen molar-refractivity contribution in [2.45, 2.75) is 193 Å². The summed E-state index contributed by atoms with van der Waals surface area (Å²) < 4.78 is 21.3. The molecular weight excluding hydrogens is 976 g/mol. The second-order valence-corrected chi connectivity index (χ2v) is 20.5. The lowest BCUT2D eigenvalue weighted by molar-refractivity contribution is -0.123. The molecule has 25 heteroatoms. The third kappa shape index (κ3) is 24.8. The lowest BCUT2D eigenvalue weighted by Gasteiger charge is -2.31. The topological polar surface area (TPSA) is 303 Å². The first kappa shape index (κ1) is 63.7. The van der Waals surface area contributed by atoms with E-state index in [2.05, 4.69) is 21.3 Å². The molecule has 4 amide bonds. The van der Waals surface area contributed by atoms with Crippen LogP contribution < -0.4 is 21.3 Å². The Kier molecular flexibility index (Phi) is 28.2. The molecule has 1 saturated carbocycles. The average Bonchev–Trinajstić information content (AvgIpc) is 4.03. The Morgan fingerprint density at radius 1 is 0.486 bits per heavy atom. The fourth-order valence-electron chi connectivity index (χ4n) is 8.70. The first-order chi connectivity index (χ1) is 34.6. The molecule has 406 valence electrons. The van der Waals surface area contributed by atoms with E-state index in [0.29, 0.717) is 83.5 Å². The van der Waals surface area contributed by atoms with E-state index in [4.69, 9.17) is 18.6 Å². The Hall–Kier alpha value is -4.58. The minimum absolute atomic E-state index is 0. The van der Waals surface area contributed by atoms with Crippen LogP contribution in [0, 0.1) is 5.92 Å². The number of rotatable bonds is 17. The van der Waals surface area contributed by atoms with Crippen LogP contribution in [0.5, 0.6) is 0 Å². The van der Waals surface area contributed by atoms with Gasteiger partial charge in [-0.3, -0.25) is 38.4 Å². The summed E-state index contributed by atoms with van der Waals surface area (Å²) in [4.78, 5) is 91.0. The zero-order chi connectivity index (χ0) is 53.6. The van der Waals surface area contributed by atoms with Crippen molar-refractivity contribution in [1.29, 1.82) is 0 Å². The molecule has 1 aromatic carbocycles. The predicted octanol–water partition coefficient (Wildman–Crippen LogP) is 2.21. The van der Waals surface area contributed by atoms with Crippen LogP contribution in [-0.4, -0.2) is 144 Å². The number of Topliss-reactive ketones (excluding diaryl/α,β-unsaturated/α-hetero) is 4. The Balaban J connectivity index is 0.000000261. The van der Waals surface area contributed by atoms with E-state index in [1.807, 2.05) is 47.8 Å². The minimum Gasteiger partial charge on any atom is -0.426 e. The lowest BCUT2D eigenvalue weighted by Crippen LogP contribution is -2.53. The summed E-state index contributed by atoms with van der Waals surface area (Å²) in [6.07, 6.45) is 8.08. The molecule has 1 aromatic heterocycles. The van der Waals surface area contributed by atoms with Crippen LogP contribution in [0.2, 0.25) is 0 Å². The molecule has 0 radical (unpaired) electrons. The average molecular weight is 1050 g/mol. The van der Waals surface area contributed by atoms with Crippen molar-refractivity contribution in [2.24, 2.45) is 5.92 Å². The molecule has 1 aliphatic carbocycles. The van der Waals surface area contributed by atoms with Crippen molar-refractivity contribution in [3.8, 4) is 0 Å². The number of thiophene rings is 1. The first-order valence-electron chi connectivity index (χ1n) is 25.2.